The van der Waals surface area contributed by atoms with Crippen LogP contribution in [0.25, 0.3) is 0 Å². The maximum absolute atomic E-state index is 12.7. The molecule has 4 rings (SSSR count). The first kappa shape index (κ1) is 17.7. The monoisotopic (exact) mass is 386 g/mol. The topological polar surface area (TPSA) is 86.7 Å². The Morgan fingerprint density at radius 2 is 1.15 bits per heavy atom. The van der Waals surface area contributed by atoms with Gasteiger partial charge in [-0.25, -0.2) is 8.42 Å². The normalized spacial score (nSPS) is 21.6. The van der Waals surface area contributed by atoms with Gasteiger partial charge >= 0.3 is 0 Å². The fourth-order valence-electron chi connectivity index (χ4n) is 3.49. The Morgan fingerprint density at radius 3 is 1.59 bits per heavy atom. The summed E-state index contributed by atoms with van der Waals surface area (Å²) in [6.45, 7) is 0.0417. The molecule has 2 heterocycles. The summed E-state index contributed by atoms with van der Waals surface area (Å²) in [5, 5.41) is 0. The Bertz CT molecular complexity index is 935. The first-order chi connectivity index (χ1) is 12.9. The van der Waals surface area contributed by atoms with E-state index in [1.807, 2.05) is 0 Å². The zero-order chi connectivity index (χ0) is 19.0. The maximum atomic E-state index is 12.7. The minimum atomic E-state index is -3.65. The average molecular weight is 386 g/mol. The van der Waals surface area contributed by atoms with E-state index in [0.717, 1.165) is 0 Å². The summed E-state index contributed by atoms with van der Waals surface area (Å²) in [5.41, 5.74) is 0.796. The first-order valence-electron chi connectivity index (χ1n) is 8.67. The molecule has 0 aliphatic carbocycles. The van der Waals surface area contributed by atoms with Crippen LogP contribution in [0.1, 0.15) is 20.7 Å². The van der Waals surface area contributed by atoms with Crippen LogP contribution < -0.4 is 9.47 Å². The SMILES string of the molecule is O=C1c2ccccc2OC[C@@H]1CS(=O)(=O)C[C@@H]1COc2ccccc2C1=O. The molecule has 0 bridgehead atoms. The summed E-state index contributed by atoms with van der Waals surface area (Å²) in [4.78, 5) is 25.2. The molecule has 2 aromatic carbocycles. The third-order valence-corrected chi connectivity index (χ3v) is 6.66. The number of hydrogen-bond acceptors (Lipinski definition) is 6. The molecule has 0 saturated heterocycles. The van der Waals surface area contributed by atoms with Gasteiger partial charge in [-0.1, -0.05) is 24.3 Å². The second-order valence-electron chi connectivity index (χ2n) is 6.81. The summed E-state index contributed by atoms with van der Waals surface area (Å²) >= 11 is 0. The highest BCUT2D eigenvalue weighted by Gasteiger charge is 2.36. The Hall–Kier alpha value is -2.67. The van der Waals surface area contributed by atoms with Crippen molar-refractivity contribution in [2.75, 3.05) is 24.7 Å². The van der Waals surface area contributed by atoms with Gasteiger partial charge in [0, 0.05) is 0 Å². The standard InChI is InChI=1S/C20H18O6S/c21-19-13(9-25-17-7-3-1-5-15(17)19)11-27(23,24)12-14-10-26-18-8-4-2-6-16(18)20(14)22/h1-8,13-14H,9-12H2/t13-,14+. The van der Waals surface area contributed by atoms with Crippen LogP contribution >= 0.6 is 0 Å². The van der Waals surface area contributed by atoms with Gasteiger partial charge in [-0.2, -0.15) is 0 Å². The van der Waals surface area contributed by atoms with E-state index in [2.05, 4.69) is 0 Å². The summed E-state index contributed by atoms with van der Waals surface area (Å²) in [5.74, 6) is -1.74. The lowest BCUT2D eigenvalue weighted by Crippen LogP contribution is -2.38. The lowest BCUT2D eigenvalue weighted by Gasteiger charge is -2.26. The number of ether oxygens (including phenoxy) is 2. The van der Waals surface area contributed by atoms with Crippen molar-refractivity contribution in [1.82, 2.24) is 0 Å². The molecule has 0 saturated carbocycles. The fourth-order valence-corrected chi connectivity index (χ4v) is 5.35. The van der Waals surface area contributed by atoms with Crippen LogP contribution in [0.5, 0.6) is 11.5 Å². The van der Waals surface area contributed by atoms with Crippen LogP contribution in [-0.2, 0) is 9.84 Å². The molecular formula is C20H18O6S. The largest absolute Gasteiger partial charge is 0.492 e. The van der Waals surface area contributed by atoms with Crippen molar-refractivity contribution in [1.29, 1.82) is 0 Å². The predicted octanol–water partition coefficient (Wildman–Crippen LogP) is 2.18. The van der Waals surface area contributed by atoms with Crippen LogP contribution in [0.4, 0.5) is 0 Å². The molecule has 2 aromatic rings. The van der Waals surface area contributed by atoms with Crippen LogP contribution in [0, 0.1) is 11.8 Å². The van der Waals surface area contributed by atoms with E-state index in [1.165, 1.54) is 0 Å². The highest BCUT2D eigenvalue weighted by molar-refractivity contribution is 7.91. The number of benzene rings is 2. The smallest absolute Gasteiger partial charge is 0.174 e. The zero-order valence-corrected chi connectivity index (χ0v) is 15.3. The molecule has 0 N–H and O–H groups in total. The molecule has 0 radical (unpaired) electrons. The van der Waals surface area contributed by atoms with E-state index in [4.69, 9.17) is 9.47 Å². The molecule has 0 amide bonds. The Kier molecular flexibility index (Phi) is 4.47. The van der Waals surface area contributed by atoms with E-state index < -0.39 is 21.7 Å². The van der Waals surface area contributed by atoms with Crippen molar-refractivity contribution in [2.45, 2.75) is 0 Å². The van der Waals surface area contributed by atoms with E-state index >= 15 is 0 Å². The number of sulfone groups is 1. The van der Waals surface area contributed by atoms with Crippen molar-refractivity contribution in [3.8, 4) is 11.5 Å². The number of ketones is 2. The maximum Gasteiger partial charge on any atom is 0.174 e. The van der Waals surface area contributed by atoms with Gasteiger partial charge in [0.2, 0.25) is 0 Å². The van der Waals surface area contributed by atoms with Gasteiger partial charge < -0.3 is 9.47 Å². The van der Waals surface area contributed by atoms with Gasteiger partial charge in [-0.15, -0.1) is 0 Å². The quantitative estimate of drug-likeness (QED) is 0.801. The number of para-hydroxylation sites is 2. The van der Waals surface area contributed by atoms with Crippen LogP contribution in [-0.4, -0.2) is 44.7 Å². The molecule has 0 aromatic heterocycles. The third kappa shape index (κ3) is 3.47. The van der Waals surface area contributed by atoms with Gasteiger partial charge in [0.05, 0.1) is 47.7 Å². The fraction of sp³-hybridized carbons (Fsp3) is 0.300. The van der Waals surface area contributed by atoms with Crippen LogP contribution in [0.15, 0.2) is 48.5 Å². The van der Waals surface area contributed by atoms with Gasteiger partial charge in [-0.3, -0.25) is 9.59 Å². The number of carbonyl (C=O) groups excluding carboxylic acids is 2. The highest BCUT2D eigenvalue weighted by atomic mass is 32.2. The zero-order valence-electron chi connectivity index (χ0n) is 14.5. The Labute approximate surface area is 157 Å². The van der Waals surface area contributed by atoms with E-state index in [9.17, 15) is 18.0 Å². The number of rotatable bonds is 4. The molecule has 2 aliphatic heterocycles. The molecule has 2 atom stereocenters. The van der Waals surface area contributed by atoms with Gasteiger partial charge in [-0.05, 0) is 24.3 Å². The van der Waals surface area contributed by atoms with Crippen LogP contribution in [0.2, 0.25) is 0 Å². The average Bonchev–Trinajstić information content (AvgIpc) is 2.66. The van der Waals surface area contributed by atoms with Gasteiger partial charge in [0.1, 0.15) is 11.5 Å². The molecule has 7 heteroatoms. The van der Waals surface area contributed by atoms with Crippen molar-refractivity contribution in [3.05, 3.63) is 59.7 Å². The summed E-state index contributed by atoms with van der Waals surface area (Å²) < 4.78 is 36.4. The number of Topliss-reactive ketones (excluding diaryl/α,β-unsaturated/α-hetero) is 2. The van der Waals surface area contributed by atoms with Crippen molar-refractivity contribution in [3.63, 3.8) is 0 Å². The minimum absolute atomic E-state index is 0.0209. The predicted molar refractivity (Wildman–Crippen MR) is 98.2 cm³/mol. The van der Waals surface area contributed by atoms with Crippen molar-refractivity contribution >= 4 is 21.4 Å². The molecule has 0 spiro atoms. The number of fused-ring (bicyclic) bond motifs is 2. The summed E-state index contributed by atoms with van der Waals surface area (Å²) in [6, 6.07) is 13.6. The molecule has 27 heavy (non-hydrogen) atoms. The van der Waals surface area contributed by atoms with E-state index in [-0.39, 0.29) is 36.3 Å². The van der Waals surface area contributed by atoms with E-state index in [1.54, 1.807) is 48.5 Å². The van der Waals surface area contributed by atoms with Crippen molar-refractivity contribution < 1.29 is 27.5 Å². The molecule has 6 nitrogen and oxygen atoms in total. The van der Waals surface area contributed by atoms with Gasteiger partial charge in [0.25, 0.3) is 0 Å². The van der Waals surface area contributed by atoms with Crippen LogP contribution in [0.3, 0.4) is 0 Å². The number of carbonyl (C=O) groups is 2. The Morgan fingerprint density at radius 1 is 0.741 bits per heavy atom. The second-order valence-corrected chi connectivity index (χ2v) is 8.97. The van der Waals surface area contributed by atoms with Gasteiger partial charge in [0.15, 0.2) is 21.4 Å². The summed E-state index contributed by atoms with van der Waals surface area (Å²) in [6.07, 6.45) is 0. The first-order valence-corrected chi connectivity index (χ1v) is 10.5. The lowest BCUT2D eigenvalue weighted by atomic mass is 9.96. The van der Waals surface area contributed by atoms with E-state index in [0.29, 0.717) is 22.6 Å². The second kappa shape index (κ2) is 6.81. The number of hydrogen-bond donors (Lipinski definition) is 0. The Balaban J connectivity index is 1.47. The lowest BCUT2D eigenvalue weighted by molar-refractivity contribution is 0.0850. The highest BCUT2D eigenvalue weighted by Crippen LogP contribution is 2.30. The summed E-state index contributed by atoms with van der Waals surface area (Å²) in [7, 11) is -3.65. The molecule has 0 unspecified atom stereocenters. The third-order valence-electron chi connectivity index (χ3n) is 4.84. The van der Waals surface area contributed by atoms with Crippen molar-refractivity contribution in [2.24, 2.45) is 11.8 Å². The molecular weight excluding hydrogens is 368 g/mol. The molecule has 140 valence electrons. The molecule has 0 fully saturated rings. The molecule has 2 aliphatic rings. The minimum Gasteiger partial charge on any atom is -0.492 e.